The Kier molecular flexibility index (Phi) is 8.10. The van der Waals surface area contributed by atoms with Gasteiger partial charge in [0.2, 0.25) is 10.0 Å². The number of nitrogens with zero attached hydrogens (tertiary/aromatic N) is 3. The predicted octanol–water partition coefficient (Wildman–Crippen LogP) is 4.44. The molecule has 2 amide bonds. The smallest absolute Gasteiger partial charge is 0.321 e. The predicted molar refractivity (Wildman–Crippen MR) is 153 cm³/mol. The van der Waals surface area contributed by atoms with Crippen LogP contribution in [0.1, 0.15) is 31.2 Å². The molecule has 1 heterocycles. The summed E-state index contributed by atoms with van der Waals surface area (Å²) in [6.07, 6.45) is 4.79. The number of halogens is 2. The van der Waals surface area contributed by atoms with Crippen molar-refractivity contribution >= 4 is 39.0 Å². The molecular formula is C28H37ClFN5O3S. The lowest BCUT2D eigenvalue weighted by molar-refractivity contribution is 0.140. The van der Waals surface area contributed by atoms with Crippen molar-refractivity contribution in [3.8, 4) is 0 Å². The van der Waals surface area contributed by atoms with Gasteiger partial charge in [0.25, 0.3) is 0 Å². The molecule has 3 fully saturated rings. The van der Waals surface area contributed by atoms with Crippen LogP contribution in [0, 0.1) is 11.7 Å². The topological polar surface area (TPSA) is 85.0 Å². The van der Waals surface area contributed by atoms with Crippen LogP contribution < -0.4 is 10.0 Å². The molecule has 0 spiro atoms. The maximum Gasteiger partial charge on any atom is 0.322 e. The maximum atomic E-state index is 13.7. The van der Waals surface area contributed by atoms with Crippen molar-refractivity contribution in [1.29, 1.82) is 0 Å². The molecule has 2 saturated carbocycles. The van der Waals surface area contributed by atoms with Gasteiger partial charge in [0.05, 0.1) is 11.3 Å². The van der Waals surface area contributed by atoms with Gasteiger partial charge in [-0.3, -0.25) is 4.72 Å². The third-order valence-corrected chi connectivity index (χ3v) is 9.42. The van der Waals surface area contributed by atoms with Gasteiger partial charge in [-0.15, -0.1) is 0 Å². The molecular weight excluding hydrogens is 541 g/mol. The van der Waals surface area contributed by atoms with E-state index in [1.807, 2.05) is 17.0 Å². The highest BCUT2D eigenvalue weighted by Crippen LogP contribution is 2.65. The molecule has 3 atom stereocenters. The van der Waals surface area contributed by atoms with Gasteiger partial charge in [-0.1, -0.05) is 23.7 Å². The first-order chi connectivity index (χ1) is 18.5. The minimum atomic E-state index is -3.37. The molecule has 1 aliphatic heterocycles. The van der Waals surface area contributed by atoms with Gasteiger partial charge in [0.1, 0.15) is 5.82 Å². The van der Waals surface area contributed by atoms with Crippen molar-refractivity contribution in [2.24, 2.45) is 5.92 Å². The van der Waals surface area contributed by atoms with Gasteiger partial charge in [-0.05, 0) is 81.1 Å². The van der Waals surface area contributed by atoms with E-state index in [4.69, 9.17) is 11.6 Å². The minimum Gasteiger partial charge on any atom is -0.321 e. The molecule has 0 aromatic heterocycles. The van der Waals surface area contributed by atoms with Gasteiger partial charge < -0.3 is 20.0 Å². The summed E-state index contributed by atoms with van der Waals surface area (Å²) in [6, 6.07) is 11.7. The number of piperazine rings is 1. The number of hydrogen-bond acceptors (Lipinski definition) is 5. The lowest BCUT2D eigenvalue weighted by Gasteiger charge is -2.34. The molecule has 1 saturated heterocycles. The second-order valence-corrected chi connectivity index (χ2v) is 13.4. The van der Waals surface area contributed by atoms with Crippen molar-refractivity contribution in [3.05, 3.63) is 58.9 Å². The normalized spacial score (nSPS) is 25.2. The molecule has 3 aliphatic rings. The first-order valence-electron chi connectivity index (χ1n) is 13.6. The zero-order chi connectivity index (χ0) is 27.8. The molecule has 2 aromatic rings. The molecule has 0 bridgehead atoms. The van der Waals surface area contributed by atoms with Crippen molar-refractivity contribution in [2.45, 2.75) is 37.1 Å². The highest BCUT2D eigenvalue weighted by molar-refractivity contribution is 7.92. The number of nitrogens with one attached hydrogen (secondary N) is 2. The largest absolute Gasteiger partial charge is 0.322 e. The Morgan fingerprint density at radius 3 is 2.62 bits per heavy atom. The van der Waals surface area contributed by atoms with Crippen molar-refractivity contribution in [3.63, 3.8) is 0 Å². The van der Waals surface area contributed by atoms with E-state index in [0.29, 0.717) is 23.8 Å². The van der Waals surface area contributed by atoms with Crippen LogP contribution in [0.5, 0.6) is 0 Å². The summed E-state index contributed by atoms with van der Waals surface area (Å²) < 4.78 is 39.8. The Labute approximate surface area is 235 Å². The molecule has 2 aromatic carbocycles. The number of carbonyl (C=O) groups is 1. The number of rotatable bonds is 9. The SMILES string of the molecule is CN1CCN(CCCN(C(=O)Nc2ccc(F)c(Cl)c2)[C@@H]2CC[C@]3(c4cccc(NS(C)(=O)=O)c4)C[C@H]23)CC1. The summed E-state index contributed by atoms with van der Waals surface area (Å²) in [5.41, 5.74) is 2.10. The lowest BCUT2D eigenvalue weighted by Crippen LogP contribution is -2.47. The monoisotopic (exact) mass is 577 g/mol. The molecule has 212 valence electrons. The number of sulfonamides is 1. The molecule has 8 nitrogen and oxygen atoms in total. The second kappa shape index (κ2) is 11.2. The first kappa shape index (κ1) is 28.1. The van der Waals surface area contributed by atoms with Gasteiger partial charge in [0.15, 0.2) is 0 Å². The molecule has 0 radical (unpaired) electrons. The van der Waals surface area contributed by atoms with Crippen LogP contribution in [0.25, 0.3) is 0 Å². The summed E-state index contributed by atoms with van der Waals surface area (Å²) in [7, 11) is -1.23. The van der Waals surface area contributed by atoms with Crippen LogP contribution in [0.3, 0.4) is 0 Å². The maximum absolute atomic E-state index is 13.7. The summed E-state index contributed by atoms with van der Waals surface area (Å²) in [4.78, 5) is 20.4. The zero-order valence-corrected chi connectivity index (χ0v) is 24.1. The Morgan fingerprint density at radius 1 is 1.15 bits per heavy atom. The standard InChI is InChI=1S/C28H37ClFN5O3S/c1-33-13-15-34(16-14-33)11-4-12-35(27(36)31-21-7-8-25(30)24(29)18-21)26-9-10-28(19-23(26)28)20-5-3-6-22(17-20)32-39(2,37)38/h3,5-8,17-18,23,26,32H,4,9-16,19H2,1-2H3,(H,31,36)/t23-,26-,28-/m1/s1. The van der Waals surface area contributed by atoms with Crippen molar-refractivity contribution < 1.29 is 17.6 Å². The molecule has 0 unspecified atom stereocenters. The summed E-state index contributed by atoms with van der Waals surface area (Å²) in [5.74, 6) is -0.220. The summed E-state index contributed by atoms with van der Waals surface area (Å²) >= 11 is 5.96. The average Bonchev–Trinajstić information content (AvgIpc) is 3.50. The van der Waals surface area contributed by atoms with Gasteiger partial charge in [-0.2, -0.15) is 0 Å². The van der Waals surface area contributed by atoms with Crippen LogP contribution in [-0.4, -0.2) is 87.8 Å². The van der Waals surface area contributed by atoms with E-state index in [2.05, 4.69) is 33.0 Å². The number of hydrogen-bond donors (Lipinski definition) is 2. The van der Waals surface area contributed by atoms with E-state index in [-0.39, 0.29) is 22.5 Å². The Balaban J connectivity index is 1.30. The number of fused-ring (bicyclic) bond motifs is 1. The molecule has 5 rings (SSSR count). The first-order valence-corrected chi connectivity index (χ1v) is 15.8. The fraction of sp³-hybridized carbons (Fsp3) is 0.536. The number of likely N-dealkylation sites (N-methyl/N-ethyl adjacent to an activating group) is 1. The number of amides is 2. The zero-order valence-electron chi connectivity index (χ0n) is 22.5. The van der Waals surface area contributed by atoms with E-state index in [1.165, 1.54) is 18.2 Å². The van der Waals surface area contributed by atoms with E-state index >= 15 is 0 Å². The quantitative estimate of drug-likeness (QED) is 0.460. The molecule has 39 heavy (non-hydrogen) atoms. The molecule has 2 N–H and O–H groups in total. The van der Waals surface area contributed by atoms with Crippen LogP contribution >= 0.6 is 11.6 Å². The average molecular weight is 578 g/mol. The number of carbonyl (C=O) groups excluding carboxylic acids is 1. The minimum absolute atomic E-state index is 0.0286. The summed E-state index contributed by atoms with van der Waals surface area (Å²) in [6.45, 7) is 5.72. The Morgan fingerprint density at radius 2 is 1.92 bits per heavy atom. The van der Waals surface area contributed by atoms with E-state index in [1.54, 1.807) is 6.07 Å². The van der Waals surface area contributed by atoms with Gasteiger partial charge >= 0.3 is 6.03 Å². The highest BCUT2D eigenvalue weighted by Gasteiger charge is 2.64. The molecule has 11 heteroatoms. The fourth-order valence-corrected chi connectivity index (χ4v) is 7.15. The molecule has 2 aliphatic carbocycles. The van der Waals surface area contributed by atoms with Crippen LogP contribution in [-0.2, 0) is 15.4 Å². The van der Waals surface area contributed by atoms with Gasteiger partial charge in [-0.25, -0.2) is 17.6 Å². The van der Waals surface area contributed by atoms with Gasteiger partial charge in [0, 0.05) is 55.6 Å². The Hall–Kier alpha value is -2.40. The second-order valence-electron chi connectivity index (χ2n) is 11.3. The third-order valence-electron chi connectivity index (χ3n) is 8.53. The Bertz CT molecular complexity index is 1320. The van der Waals surface area contributed by atoms with Crippen LogP contribution in [0.2, 0.25) is 5.02 Å². The number of anilines is 2. The highest BCUT2D eigenvalue weighted by atomic mass is 35.5. The van der Waals surface area contributed by atoms with Crippen LogP contribution in [0.15, 0.2) is 42.5 Å². The fourth-order valence-electron chi connectivity index (χ4n) is 6.41. The number of benzene rings is 2. The van der Waals surface area contributed by atoms with E-state index in [9.17, 15) is 17.6 Å². The number of urea groups is 1. The van der Waals surface area contributed by atoms with Crippen molar-refractivity contribution in [2.75, 3.05) is 62.6 Å². The van der Waals surface area contributed by atoms with E-state index in [0.717, 1.165) is 70.2 Å². The summed E-state index contributed by atoms with van der Waals surface area (Å²) in [5, 5.41) is 2.92. The van der Waals surface area contributed by atoms with Crippen molar-refractivity contribution in [1.82, 2.24) is 14.7 Å². The van der Waals surface area contributed by atoms with Crippen LogP contribution in [0.4, 0.5) is 20.6 Å². The third kappa shape index (κ3) is 6.51. The lowest BCUT2D eigenvalue weighted by atomic mass is 9.93. The van der Waals surface area contributed by atoms with E-state index < -0.39 is 15.8 Å².